The highest BCUT2D eigenvalue weighted by atomic mass is 16.5. The number of nitrogens with one attached hydrogen (secondary N) is 1. The minimum Gasteiger partial charge on any atom is -0.477 e. The Labute approximate surface area is 113 Å². The Balaban J connectivity index is 2.71. The molecule has 0 aliphatic heterocycles. The third-order valence-corrected chi connectivity index (χ3v) is 2.86. The predicted molar refractivity (Wildman–Crippen MR) is 74.4 cm³/mol. The van der Waals surface area contributed by atoms with E-state index in [2.05, 4.69) is 24.1 Å². The smallest absolute Gasteiger partial charge is 0.354 e. The van der Waals surface area contributed by atoms with Gasteiger partial charge in [-0.1, -0.05) is 13.8 Å². The van der Waals surface area contributed by atoms with Gasteiger partial charge in [-0.25, -0.2) is 9.78 Å². The van der Waals surface area contributed by atoms with Crippen LogP contribution in [0, 0.1) is 5.41 Å². The maximum Gasteiger partial charge on any atom is 0.354 e. The van der Waals surface area contributed by atoms with Crippen LogP contribution in [0.15, 0.2) is 12.1 Å². The Hall–Kier alpha value is -1.82. The second-order valence-corrected chi connectivity index (χ2v) is 5.20. The van der Waals surface area contributed by atoms with Gasteiger partial charge in [-0.3, -0.25) is 0 Å². The van der Waals surface area contributed by atoms with Gasteiger partial charge in [-0.05, 0) is 24.0 Å². The van der Waals surface area contributed by atoms with E-state index in [0.717, 1.165) is 6.42 Å². The lowest BCUT2D eigenvalue weighted by Gasteiger charge is -2.25. The number of carbonyl (C=O) groups is 1. The summed E-state index contributed by atoms with van der Waals surface area (Å²) in [5.41, 5.74) is 6.20. The molecule has 1 aromatic heterocycles. The molecule has 0 fully saturated rings. The third-order valence-electron chi connectivity index (χ3n) is 2.86. The zero-order valence-corrected chi connectivity index (χ0v) is 11.6. The van der Waals surface area contributed by atoms with Gasteiger partial charge in [-0.15, -0.1) is 0 Å². The van der Waals surface area contributed by atoms with Gasteiger partial charge in [-0.2, -0.15) is 0 Å². The summed E-state index contributed by atoms with van der Waals surface area (Å²) in [6, 6.07) is 2.93. The van der Waals surface area contributed by atoms with E-state index in [1.54, 1.807) is 13.2 Å². The molecule has 0 atom stereocenters. The molecule has 6 nitrogen and oxygen atoms in total. The number of nitrogens with two attached hydrogens (primary N) is 1. The van der Waals surface area contributed by atoms with Gasteiger partial charge in [0, 0.05) is 20.3 Å². The lowest BCUT2D eigenvalue weighted by molar-refractivity contribution is 0.0690. The first kappa shape index (κ1) is 15.2. The van der Waals surface area contributed by atoms with Crippen molar-refractivity contribution in [1.29, 1.82) is 0 Å². The number of anilines is 2. The molecule has 4 N–H and O–H groups in total. The average molecular weight is 267 g/mol. The van der Waals surface area contributed by atoms with Crippen molar-refractivity contribution >= 4 is 17.5 Å². The minimum absolute atomic E-state index is 0.00333. The van der Waals surface area contributed by atoms with Crippen LogP contribution in [-0.2, 0) is 4.74 Å². The number of carboxylic acids is 1. The van der Waals surface area contributed by atoms with Crippen LogP contribution in [0.25, 0.3) is 0 Å². The summed E-state index contributed by atoms with van der Waals surface area (Å²) >= 11 is 0. The van der Waals surface area contributed by atoms with Crippen LogP contribution in [0.5, 0.6) is 0 Å². The van der Waals surface area contributed by atoms with E-state index in [4.69, 9.17) is 15.6 Å². The Morgan fingerprint density at radius 2 is 2.21 bits per heavy atom. The van der Waals surface area contributed by atoms with Crippen molar-refractivity contribution in [2.75, 3.05) is 31.3 Å². The van der Waals surface area contributed by atoms with E-state index in [9.17, 15) is 4.79 Å². The van der Waals surface area contributed by atoms with Crippen molar-refractivity contribution in [3.05, 3.63) is 17.8 Å². The fourth-order valence-electron chi connectivity index (χ4n) is 1.52. The van der Waals surface area contributed by atoms with Crippen molar-refractivity contribution in [3.8, 4) is 0 Å². The van der Waals surface area contributed by atoms with Crippen LogP contribution >= 0.6 is 0 Å². The molecule has 0 aromatic carbocycles. The average Bonchev–Trinajstić information content (AvgIpc) is 2.35. The molecule has 0 unspecified atom stereocenters. The van der Waals surface area contributed by atoms with E-state index in [1.807, 2.05) is 0 Å². The van der Waals surface area contributed by atoms with Crippen molar-refractivity contribution in [1.82, 2.24) is 4.98 Å². The number of carboxylic acid groups (broad SMARTS) is 1. The molecule has 0 aliphatic carbocycles. The first-order valence-electron chi connectivity index (χ1n) is 6.08. The van der Waals surface area contributed by atoms with Gasteiger partial charge in [0.15, 0.2) is 5.69 Å². The van der Waals surface area contributed by atoms with Crippen molar-refractivity contribution in [2.45, 2.75) is 20.3 Å². The number of pyridine rings is 1. The summed E-state index contributed by atoms with van der Waals surface area (Å²) in [4.78, 5) is 14.8. The summed E-state index contributed by atoms with van der Waals surface area (Å²) in [6.45, 7) is 5.50. The van der Waals surface area contributed by atoms with Crippen LogP contribution in [-0.4, -0.2) is 36.3 Å². The Kier molecular flexibility index (Phi) is 5.11. The highest BCUT2D eigenvalue weighted by Gasteiger charge is 2.18. The summed E-state index contributed by atoms with van der Waals surface area (Å²) in [6.07, 6.45) is 0.884. The third kappa shape index (κ3) is 4.75. The van der Waals surface area contributed by atoms with Crippen LogP contribution < -0.4 is 11.1 Å². The second kappa shape index (κ2) is 6.38. The van der Waals surface area contributed by atoms with E-state index >= 15 is 0 Å². The molecule has 19 heavy (non-hydrogen) atoms. The van der Waals surface area contributed by atoms with E-state index in [0.29, 0.717) is 24.7 Å². The number of hydrogen-bond acceptors (Lipinski definition) is 5. The van der Waals surface area contributed by atoms with Crippen LogP contribution in [0.4, 0.5) is 11.5 Å². The van der Waals surface area contributed by atoms with E-state index < -0.39 is 5.97 Å². The molecule has 0 amide bonds. The molecular weight excluding hydrogens is 246 g/mol. The fourth-order valence-corrected chi connectivity index (χ4v) is 1.52. The molecule has 0 saturated carbocycles. The topological polar surface area (TPSA) is 97.5 Å². The molecule has 106 valence electrons. The number of nitrogens with zero attached hydrogens (tertiary/aromatic N) is 1. The zero-order valence-electron chi connectivity index (χ0n) is 11.6. The van der Waals surface area contributed by atoms with Gasteiger partial charge in [0.1, 0.15) is 5.82 Å². The van der Waals surface area contributed by atoms with Crippen molar-refractivity contribution in [3.63, 3.8) is 0 Å². The molecule has 0 aliphatic rings. The predicted octanol–water partition coefficient (Wildman–Crippen LogP) is 1.84. The molecule has 0 spiro atoms. The highest BCUT2D eigenvalue weighted by molar-refractivity contribution is 5.86. The molecule has 6 heteroatoms. The van der Waals surface area contributed by atoms with E-state index in [-0.39, 0.29) is 11.1 Å². The van der Waals surface area contributed by atoms with Gasteiger partial charge in [0.05, 0.1) is 5.69 Å². The largest absolute Gasteiger partial charge is 0.477 e. The lowest BCUT2D eigenvalue weighted by Crippen LogP contribution is -2.25. The maximum atomic E-state index is 10.9. The Morgan fingerprint density at radius 1 is 1.53 bits per heavy atom. The number of methoxy groups -OCH3 is 1. The minimum atomic E-state index is -1.07. The molecule has 1 aromatic rings. The SMILES string of the molecule is COCCC(C)(C)CNc1nc(C(=O)O)ccc1N. The molecule has 0 saturated heterocycles. The standard InChI is InChI=1S/C13H21N3O3/c1-13(2,6-7-19-3)8-15-11-9(14)4-5-10(16-11)12(17)18/h4-5H,6-8,14H2,1-3H3,(H,15,16)(H,17,18). The van der Waals surface area contributed by atoms with E-state index in [1.165, 1.54) is 6.07 Å². The van der Waals surface area contributed by atoms with Crippen LogP contribution in [0.3, 0.4) is 0 Å². The highest BCUT2D eigenvalue weighted by Crippen LogP contribution is 2.23. The molecule has 1 rings (SSSR count). The lowest BCUT2D eigenvalue weighted by atomic mass is 9.90. The number of hydrogen-bond donors (Lipinski definition) is 3. The molecular formula is C13H21N3O3. The van der Waals surface area contributed by atoms with Gasteiger partial charge < -0.3 is 20.9 Å². The Morgan fingerprint density at radius 3 is 2.79 bits per heavy atom. The summed E-state index contributed by atoms with van der Waals surface area (Å²) < 4.78 is 5.06. The molecule has 1 heterocycles. The first-order valence-corrected chi connectivity index (χ1v) is 6.08. The molecule has 0 radical (unpaired) electrons. The van der Waals surface area contributed by atoms with Crippen LogP contribution in [0.2, 0.25) is 0 Å². The fraction of sp³-hybridized carbons (Fsp3) is 0.538. The number of ether oxygens (including phenoxy) is 1. The summed E-state index contributed by atoms with van der Waals surface area (Å²) in [5, 5.41) is 12.0. The quantitative estimate of drug-likeness (QED) is 0.697. The summed E-state index contributed by atoms with van der Waals surface area (Å²) in [7, 11) is 1.67. The van der Waals surface area contributed by atoms with Gasteiger partial charge in [0.2, 0.25) is 0 Å². The number of rotatable bonds is 7. The second-order valence-electron chi connectivity index (χ2n) is 5.20. The van der Waals surface area contributed by atoms with Gasteiger partial charge in [0.25, 0.3) is 0 Å². The number of aromatic nitrogens is 1. The van der Waals surface area contributed by atoms with Crippen LogP contribution in [0.1, 0.15) is 30.8 Å². The van der Waals surface area contributed by atoms with Crippen molar-refractivity contribution in [2.24, 2.45) is 5.41 Å². The van der Waals surface area contributed by atoms with Crippen molar-refractivity contribution < 1.29 is 14.6 Å². The maximum absolute atomic E-state index is 10.9. The number of aromatic carboxylic acids is 1. The Bertz CT molecular complexity index is 447. The first-order chi connectivity index (χ1) is 8.85. The zero-order chi connectivity index (χ0) is 14.5. The molecule has 0 bridgehead atoms. The monoisotopic (exact) mass is 267 g/mol. The summed E-state index contributed by atoms with van der Waals surface area (Å²) in [5.74, 6) is -0.660. The number of nitrogen functional groups attached to an aromatic ring is 1. The normalized spacial score (nSPS) is 11.3. The van der Waals surface area contributed by atoms with Gasteiger partial charge >= 0.3 is 5.97 Å².